The number of ether oxygens (including phenoxy) is 2. The molecule has 2 aliphatic heterocycles. The Bertz CT molecular complexity index is 241. The highest BCUT2D eigenvalue weighted by Gasteiger charge is 2.26. The molecule has 0 bridgehead atoms. The van der Waals surface area contributed by atoms with Crippen molar-refractivity contribution < 1.29 is 14.3 Å². The molecule has 0 spiro atoms. The molecule has 2 saturated heterocycles. The van der Waals surface area contributed by atoms with E-state index in [9.17, 15) is 4.79 Å². The smallest absolute Gasteiger partial charge is 0.409 e. The summed E-state index contributed by atoms with van der Waals surface area (Å²) in [5.41, 5.74) is 0. The molecule has 0 saturated carbocycles. The number of piperidine rings is 1. The molecule has 2 heterocycles. The number of amides is 1. The molecular formula is C11H20N2O3. The Morgan fingerprint density at radius 3 is 3.00 bits per heavy atom. The van der Waals surface area contributed by atoms with Crippen LogP contribution in [0, 0.1) is 0 Å². The Morgan fingerprint density at radius 1 is 1.44 bits per heavy atom. The third kappa shape index (κ3) is 2.86. The number of methoxy groups -OCH3 is 1. The molecule has 5 heteroatoms. The van der Waals surface area contributed by atoms with E-state index in [1.165, 1.54) is 7.11 Å². The molecule has 2 rings (SSSR count). The molecule has 0 aromatic heterocycles. The zero-order valence-corrected chi connectivity index (χ0v) is 9.78. The van der Waals surface area contributed by atoms with Crippen LogP contribution in [0.1, 0.15) is 19.3 Å². The lowest BCUT2D eigenvalue weighted by Crippen LogP contribution is -2.50. The highest BCUT2D eigenvalue weighted by atomic mass is 16.5. The molecule has 92 valence electrons. The van der Waals surface area contributed by atoms with Crippen molar-refractivity contribution in [1.82, 2.24) is 10.2 Å². The predicted molar refractivity (Wildman–Crippen MR) is 59.4 cm³/mol. The van der Waals surface area contributed by atoms with Crippen LogP contribution in [0.2, 0.25) is 0 Å². The fourth-order valence-corrected chi connectivity index (χ4v) is 2.41. The molecule has 16 heavy (non-hydrogen) atoms. The maximum atomic E-state index is 11.4. The van der Waals surface area contributed by atoms with Gasteiger partial charge in [-0.1, -0.05) is 0 Å². The van der Waals surface area contributed by atoms with Crippen LogP contribution >= 0.6 is 0 Å². The van der Waals surface area contributed by atoms with E-state index in [2.05, 4.69) is 5.32 Å². The van der Waals surface area contributed by atoms with E-state index in [-0.39, 0.29) is 6.09 Å². The average Bonchev–Trinajstić information content (AvgIpc) is 2.81. The van der Waals surface area contributed by atoms with Gasteiger partial charge in [0.05, 0.1) is 13.7 Å². The van der Waals surface area contributed by atoms with Gasteiger partial charge < -0.3 is 19.7 Å². The van der Waals surface area contributed by atoms with Gasteiger partial charge in [-0.25, -0.2) is 4.79 Å². The molecule has 2 atom stereocenters. The van der Waals surface area contributed by atoms with Crippen LogP contribution in [-0.2, 0) is 9.47 Å². The van der Waals surface area contributed by atoms with Gasteiger partial charge in [-0.2, -0.15) is 0 Å². The molecule has 5 nitrogen and oxygen atoms in total. The number of carbonyl (C=O) groups is 1. The standard InChI is InChI=1S/C11H20N2O3/c1-15-11(14)13-5-2-3-9(7-13)12-10-4-6-16-8-10/h9-10,12H,2-8H2,1H3. The molecule has 0 aromatic carbocycles. The second kappa shape index (κ2) is 5.50. The number of rotatable bonds is 2. The highest BCUT2D eigenvalue weighted by Crippen LogP contribution is 2.13. The largest absolute Gasteiger partial charge is 0.453 e. The molecular weight excluding hydrogens is 208 g/mol. The Morgan fingerprint density at radius 2 is 2.31 bits per heavy atom. The summed E-state index contributed by atoms with van der Waals surface area (Å²) in [4.78, 5) is 13.2. The second-order valence-corrected chi connectivity index (χ2v) is 4.48. The highest BCUT2D eigenvalue weighted by molar-refractivity contribution is 5.67. The van der Waals surface area contributed by atoms with E-state index in [0.717, 1.165) is 45.6 Å². The molecule has 2 unspecified atom stereocenters. The van der Waals surface area contributed by atoms with Gasteiger partial charge in [-0.15, -0.1) is 0 Å². The Hall–Kier alpha value is -0.810. The first-order chi connectivity index (χ1) is 7.79. The second-order valence-electron chi connectivity index (χ2n) is 4.48. The average molecular weight is 228 g/mol. The Balaban J connectivity index is 1.79. The zero-order valence-electron chi connectivity index (χ0n) is 9.78. The van der Waals surface area contributed by atoms with E-state index in [4.69, 9.17) is 9.47 Å². The lowest BCUT2D eigenvalue weighted by Gasteiger charge is -2.33. The minimum atomic E-state index is -0.214. The van der Waals surface area contributed by atoms with Crippen molar-refractivity contribution in [3.63, 3.8) is 0 Å². The topological polar surface area (TPSA) is 50.8 Å². The summed E-state index contributed by atoms with van der Waals surface area (Å²) in [5.74, 6) is 0. The van der Waals surface area contributed by atoms with Crippen molar-refractivity contribution in [1.29, 1.82) is 0 Å². The first-order valence-corrected chi connectivity index (χ1v) is 5.96. The third-order valence-corrected chi connectivity index (χ3v) is 3.26. The fraction of sp³-hybridized carbons (Fsp3) is 0.909. The van der Waals surface area contributed by atoms with Gasteiger partial charge in [0.25, 0.3) is 0 Å². The molecule has 2 fully saturated rings. The number of nitrogens with zero attached hydrogens (tertiary/aromatic N) is 1. The van der Waals surface area contributed by atoms with E-state index in [1.54, 1.807) is 4.90 Å². The Labute approximate surface area is 96.1 Å². The van der Waals surface area contributed by atoms with Crippen molar-refractivity contribution in [3.8, 4) is 0 Å². The molecule has 0 aromatic rings. The minimum Gasteiger partial charge on any atom is -0.453 e. The molecule has 0 aliphatic carbocycles. The molecule has 0 radical (unpaired) electrons. The number of hydrogen-bond acceptors (Lipinski definition) is 4. The van der Waals surface area contributed by atoms with Crippen LogP contribution < -0.4 is 5.32 Å². The lowest BCUT2D eigenvalue weighted by atomic mass is 10.0. The van der Waals surface area contributed by atoms with Gasteiger partial charge in [0.2, 0.25) is 0 Å². The molecule has 1 amide bonds. The van der Waals surface area contributed by atoms with Gasteiger partial charge >= 0.3 is 6.09 Å². The number of nitrogens with one attached hydrogen (secondary N) is 1. The van der Waals surface area contributed by atoms with Crippen LogP contribution in [0.15, 0.2) is 0 Å². The van der Waals surface area contributed by atoms with Crippen LogP contribution in [0.5, 0.6) is 0 Å². The van der Waals surface area contributed by atoms with Crippen molar-refractivity contribution in [2.75, 3.05) is 33.4 Å². The van der Waals surface area contributed by atoms with Gasteiger partial charge in [0, 0.05) is 31.8 Å². The summed E-state index contributed by atoms with van der Waals surface area (Å²) < 4.78 is 10.1. The fourth-order valence-electron chi connectivity index (χ4n) is 2.41. The Kier molecular flexibility index (Phi) is 4.01. The first kappa shape index (κ1) is 11.7. The van der Waals surface area contributed by atoms with Crippen LogP contribution in [0.3, 0.4) is 0 Å². The van der Waals surface area contributed by atoms with Crippen LogP contribution in [0.4, 0.5) is 4.79 Å². The monoisotopic (exact) mass is 228 g/mol. The SMILES string of the molecule is COC(=O)N1CCCC(NC2CCOC2)C1. The normalized spacial score (nSPS) is 30.4. The maximum Gasteiger partial charge on any atom is 0.409 e. The summed E-state index contributed by atoms with van der Waals surface area (Å²) in [5, 5.41) is 3.55. The summed E-state index contributed by atoms with van der Waals surface area (Å²) >= 11 is 0. The molecule has 1 N–H and O–H groups in total. The van der Waals surface area contributed by atoms with Crippen molar-refractivity contribution in [2.24, 2.45) is 0 Å². The van der Waals surface area contributed by atoms with E-state index in [0.29, 0.717) is 12.1 Å². The van der Waals surface area contributed by atoms with E-state index >= 15 is 0 Å². The van der Waals surface area contributed by atoms with E-state index < -0.39 is 0 Å². The van der Waals surface area contributed by atoms with Crippen LogP contribution in [-0.4, -0.2) is 56.5 Å². The number of hydrogen-bond donors (Lipinski definition) is 1. The minimum absolute atomic E-state index is 0.214. The van der Waals surface area contributed by atoms with Crippen molar-refractivity contribution in [3.05, 3.63) is 0 Å². The third-order valence-electron chi connectivity index (χ3n) is 3.26. The van der Waals surface area contributed by atoms with Gasteiger partial charge in [0.15, 0.2) is 0 Å². The van der Waals surface area contributed by atoms with Crippen molar-refractivity contribution >= 4 is 6.09 Å². The quantitative estimate of drug-likeness (QED) is 0.752. The lowest BCUT2D eigenvalue weighted by molar-refractivity contribution is 0.105. The van der Waals surface area contributed by atoms with Crippen molar-refractivity contribution in [2.45, 2.75) is 31.3 Å². The maximum absolute atomic E-state index is 11.4. The van der Waals surface area contributed by atoms with Gasteiger partial charge in [0.1, 0.15) is 0 Å². The number of carbonyl (C=O) groups excluding carboxylic acids is 1. The first-order valence-electron chi connectivity index (χ1n) is 5.96. The van der Waals surface area contributed by atoms with Gasteiger partial charge in [-0.3, -0.25) is 0 Å². The summed E-state index contributed by atoms with van der Waals surface area (Å²) in [6, 6.07) is 0.849. The van der Waals surface area contributed by atoms with Crippen LogP contribution in [0.25, 0.3) is 0 Å². The number of likely N-dealkylation sites (tertiary alicyclic amines) is 1. The zero-order chi connectivity index (χ0) is 11.4. The van der Waals surface area contributed by atoms with E-state index in [1.807, 2.05) is 0 Å². The summed E-state index contributed by atoms with van der Waals surface area (Å²) in [7, 11) is 1.43. The molecule has 2 aliphatic rings. The van der Waals surface area contributed by atoms with Gasteiger partial charge in [-0.05, 0) is 19.3 Å². The summed E-state index contributed by atoms with van der Waals surface area (Å²) in [6.07, 6.45) is 3.04. The predicted octanol–water partition coefficient (Wildman–Crippen LogP) is 0.596. The summed E-state index contributed by atoms with van der Waals surface area (Å²) in [6.45, 7) is 3.22.